The summed E-state index contributed by atoms with van der Waals surface area (Å²) in [5.41, 5.74) is 16.2. The van der Waals surface area contributed by atoms with Gasteiger partial charge in [0.25, 0.3) is 0 Å². The molecule has 0 aromatic heterocycles. The zero-order valence-electron chi connectivity index (χ0n) is 15.4. The SMILES string of the molecule is NCCCC[C@H](NC(=O)[C@@H]1CCCN1C(=O)[C@@H](N)CS)C(=O)NCC(N)=O. The van der Waals surface area contributed by atoms with Crippen molar-refractivity contribution in [2.75, 3.05) is 25.4 Å². The summed E-state index contributed by atoms with van der Waals surface area (Å²) in [6.45, 7) is 0.590. The molecule has 154 valence electrons. The van der Waals surface area contributed by atoms with Gasteiger partial charge in [0.2, 0.25) is 23.6 Å². The Morgan fingerprint density at radius 1 is 1.22 bits per heavy atom. The first-order valence-electron chi connectivity index (χ1n) is 9.05. The molecule has 27 heavy (non-hydrogen) atoms. The minimum atomic E-state index is -0.834. The molecule has 4 amide bonds. The summed E-state index contributed by atoms with van der Waals surface area (Å²) in [5.74, 6) is -1.74. The predicted octanol–water partition coefficient (Wildman–Crippen LogP) is -2.55. The Balaban J connectivity index is 2.76. The van der Waals surface area contributed by atoms with Crippen molar-refractivity contribution in [2.24, 2.45) is 17.2 Å². The fourth-order valence-electron chi connectivity index (χ4n) is 2.92. The molecule has 0 aromatic rings. The van der Waals surface area contributed by atoms with Gasteiger partial charge in [0.15, 0.2) is 0 Å². The monoisotopic (exact) mass is 402 g/mol. The number of hydrogen-bond acceptors (Lipinski definition) is 7. The van der Waals surface area contributed by atoms with Crippen molar-refractivity contribution in [3.63, 3.8) is 0 Å². The molecule has 11 heteroatoms. The van der Waals surface area contributed by atoms with Gasteiger partial charge in [0.05, 0.1) is 12.6 Å². The summed E-state index contributed by atoms with van der Waals surface area (Å²) >= 11 is 4.02. The zero-order chi connectivity index (χ0) is 20.4. The second-order valence-electron chi connectivity index (χ2n) is 6.51. The standard InChI is InChI=1S/C16H30N6O4S/c17-6-2-1-4-11(14(24)20-8-13(19)23)21-15(25)12-5-3-7-22(12)16(26)10(18)9-27/h10-12,27H,1-9,17-18H2,(H2,19,23)(H,20,24)(H,21,25)/t10-,11-,12-/m0/s1. The van der Waals surface area contributed by atoms with Crippen LogP contribution in [0.5, 0.6) is 0 Å². The van der Waals surface area contributed by atoms with Crippen molar-refractivity contribution in [1.29, 1.82) is 0 Å². The number of carbonyl (C=O) groups excluding carboxylic acids is 4. The van der Waals surface area contributed by atoms with E-state index in [9.17, 15) is 19.2 Å². The first kappa shape index (κ1) is 23.2. The van der Waals surface area contributed by atoms with Crippen LogP contribution < -0.4 is 27.8 Å². The largest absolute Gasteiger partial charge is 0.368 e. The average Bonchev–Trinajstić information content (AvgIpc) is 3.13. The quantitative estimate of drug-likeness (QED) is 0.164. The molecule has 0 aromatic carbocycles. The number of rotatable bonds is 11. The van der Waals surface area contributed by atoms with Crippen LogP contribution in [0.1, 0.15) is 32.1 Å². The minimum absolute atomic E-state index is 0.181. The van der Waals surface area contributed by atoms with E-state index in [1.807, 2.05) is 0 Å². The van der Waals surface area contributed by atoms with Gasteiger partial charge in [0.1, 0.15) is 12.1 Å². The highest BCUT2D eigenvalue weighted by atomic mass is 32.1. The Morgan fingerprint density at radius 3 is 2.52 bits per heavy atom. The Bertz CT molecular complexity index is 547. The maximum Gasteiger partial charge on any atom is 0.243 e. The summed E-state index contributed by atoms with van der Waals surface area (Å²) in [6.07, 6.45) is 2.86. The van der Waals surface area contributed by atoms with Gasteiger partial charge in [-0.3, -0.25) is 19.2 Å². The van der Waals surface area contributed by atoms with E-state index < -0.39 is 35.8 Å². The molecule has 8 N–H and O–H groups in total. The lowest BCUT2D eigenvalue weighted by Gasteiger charge is -2.28. The number of likely N-dealkylation sites (tertiary alicyclic amines) is 1. The highest BCUT2D eigenvalue weighted by molar-refractivity contribution is 7.80. The normalized spacial score (nSPS) is 18.6. The maximum atomic E-state index is 12.7. The molecule has 0 spiro atoms. The molecule has 3 atom stereocenters. The van der Waals surface area contributed by atoms with E-state index in [4.69, 9.17) is 17.2 Å². The van der Waals surface area contributed by atoms with Crippen LogP contribution in [0.3, 0.4) is 0 Å². The summed E-state index contributed by atoms with van der Waals surface area (Å²) < 4.78 is 0. The van der Waals surface area contributed by atoms with E-state index in [0.717, 1.165) is 0 Å². The molecule has 1 rings (SSSR count). The van der Waals surface area contributed by atoms with Gasteiger partial charge in [-0.15, -0.1) is 0 Å². The lowest BCUT2D eigenvalue weighted by molar-refractivity contribution is -0.140. The van der Waals surface area contributed by atoms with Crippen LogP contribution in [0.4, 0.5) is 0 Å². The van der Waals surface area contributed by atoms with Gasteiger partial charge >= 0.3 is 0 Å². The molecule has 1 aliphatic rings. The number of nitrogens with two attached hydrogens (primary N) is 3. The Morgan fingerprint density at radius 2 is 1.93 bits per heavy atom. The van der Waals surface area contributed by atoms with Crippen molar-refractivity contribution in [1.82, 2.24) is 15.5 Å². The van der Waals surface area contributed by atoms with Crippen molar-refractivity contribution < 1.29 is 19.2 Å². The van der Waals surface area contributed by atoms with Crippen LogP contribution in [0.2, 0.25) is 0 Å². The molecule has 1 aliphatic heterocycles. The van der Waals surface area contributed by atoms with Crippen molar-refractivity contribution in [3.05, 3.63) is 0 Å². The first-order valence-corrected chi connectivity index (χ1v) is 9.68. The lowest BCUT2D eigenvalue weighted by atomic mass is 10.1. The molecule has 0 aliphatic carbocycles. The van der Waals surface area contributed by atoms with Crippen LogP contribution in [0, 0.1) is 0 Å². The van der Waals surface area contributed by atoms with E-state index in [1.165, 1.54) is 4.90 Å². The summed E-state index contributed by atoms with van der Waals surface area (Å²) in [7, 11) is 0. The van der Waals surface area contributed by atoms with Crippen LogP contribution in [-0.4, -0.2) is 72.0 Å². The molecule has 0 bridgehead atoms. The second-order valence-corrected chi connectivity index (χ2v) is 6.87. The number of unbranched alkanes of at least 4 members (excludes halogenated alkanes) is 1. The Hall–Kier alpha value is -1.85. The molecule has 0 radical (unpaired) electrons. The smallest absolute Gasteiger partial charge is 0.243 e. The van der Waals surface area contributed by atoms with Crippen LogP contribution >= 0.6 is 12.6 Å². The summed E-state index contributed by atoms with van der Waals surface area (Å²) in [4.78, 5) is 49.6. The number of hydrogen-bond donors (Lipinski definition) is 6. The van der Waals surface area contributed by atoms with E-state index in [2.05, 4.69) is 23.3 Å². The molecular weight excluding hydrogens is 372 g/mol. The molecule has 1 fully saturated rings. The number of thiol groups is 1. The Labute approximate surface area is 164 Å². The summed E-state index contributed by atoms with van der Waals surface area (Å²) in [5, 5.41) is 5.08. The maximum absolute atomic E-state index is 12.7. The van der Waals surface area contributed by atoms with Gasteiger partial charge in [-0.05, 0) is 38.6 Å². The molecular formula is C16H30N6O4S. The van der Waals surface area contributed by atoms with E-state index in [1.54, 1.807) is 0 Å². The molecule has 1 heterocycles. The lowest BCUT2D eigenvalue weighted by Crippen LogP contribution is -2.55. The third-order valence-corrected chi connectivity index (χ3v) is 4.76. The number of nitrogens with one attached hydrogen (secondary N) is 2. The van der Waals surface area contributed by atoms with Gasteiger partial charge in [-0.2, -0.15) is 12.6 Å². The first-order chi connectivity index (χ1) is 12.8. The number of carbonyl (C=O) groups is 4. The van der Waals surface area contributed by atoms with E-state index in [0.29, 0.717) is 45.2 Å². The fourth-order valence-corrected chi connectivity index (χ4v) is 3.08. The topological polar surface area (TPSA) is 174 Å². The van der Waals surface area contributed by atoms with Gasteiger partial charge < -0.3 is 32.7 Å². The van der Waals surface area contributed by atoms with Crippen molar-refractivity contribution >= 4 is 36.3 Å². The number of primary amides is 1. The Kier molecular flexibility index (Phi) is 10.1. The van der Waals surface area contributed by atoms with Gasteiger partial charge in [-0.25, -0.2) is 0 Å². The highest BCUT2D eigenvalue weighted by Gasteiger charge is 2.37. The third-order valence-electron chi connectivity index (χ3n) is 4.37. The van der Waals surface area contributed by atoms with Crippen molar-refractivity contribution in [2.45, 2.75) is 50.2 Å². The van der Waals surface area contributed by atoms with Crippen LogP contribution in [0.25, 0.3) is 0 Å². The van der Waals surface area contributed by atoms with Crippen LogP contribution in [0.15, 0.2) is 0 Å². The molecule has 1 saturated heterocycles. The number of amides is 4. The summed E-state index contributed by atoms with van der Waals surface area (Å²) in [6, 6.07) is -2.29. The van der Waals surface area contributed by atoms with E-state index in [-0.39, 0.29) is 18.2 Å². The molecule has 0 unspecified atom stereocenters. The van der Waals surface area contributed by atoms with Gasteiger partial charge in [-0.1, -0.05) is 0 Å². The average molecular weight is 403 g/mol. The van der Waals surface area contributed by atoms with Crippen LogP contribution in [-0.2, 0) is 19.2 Å². The second kappa shape index (κ2) is 11.8. The molecule has 10 nitrogen and oxygen atoms in total. The number of nitrogens with zero attached hydrogens (tertiary/aromatic N) is 1. The predicted molar refractivity (Wildman–Crippen MR) is 104 cm³/mol. The zero-order valence-corrected chi connectivity index (χ0v) is 16.2. The van der Waals surface area contributed by atoms with E-state index >= 15 is 0 Å². The highest BCUT2D eigenvalue weighted by Crippen LogP contribution is 2.19. The third kappa shape index (κ3) is 7.35. The fraction of sp³-hybridized carbons (Fsp3) is 0.750. The minimum Gasteiger partial charge on any atom is -0.368 e. The van der Waals surface area contributed by atoms with Gasteiger partial charge in [0, 0.05) is 12.3 Å². The van der Waals surface area contributed by atoms with Crippen molar-refractivity contribution in [3.8, 4) is 0 Å². The molecule has 0 saturated carbocycles.